The van der Waals surface area contributed by atoms with Crippen LogP contribution in [0.25, 0.3) is 22.3 Å². The maximum absolute atomic E-state index is 13.2. The Morgan fingerprint density at radius 2 is 1.71 bits per heavy atom. The lowest BCUT2D eigenvalue weighted by molar-refractivity contribution is 0.0909. The predicted octanol–water partition coefficient (Wildman–Crippen LogP) is 6.16. The number of benzene rings is 3. The monoisotopic (exact) mass is 582 g/mol. The summed E-state index contributed by atoms with van der Waals surface area (Å²) in [6, 6.07) is 15.9. The number of nitrogens with zero attached hydrogens (tertiary/aromatic N) is 1. The third-order valence-electron chi connectivity index (χ3n) is 6.57. The summed E-state index contributed by atoms with van der Waals surface area (Å²) in [6.07, 6.45) is 2.17. The number of sulfonamides is 1. The van der Waals surface area contributed by atoms with Gasteiger partial charge in [0.05, 0.1) is 29.5 Å². The zero-order chi connectivity index (χ0) is 29.5. The molecule has 2 N–H and O–H groups in total. The van der Waals surface area contributed by atoms with Gasteiger partial charge < -0.3 is 24.3 Å². The second-order valence-electron chi connectivity index (χ2n) is 10.7. The number of rotatable bonds is 9. The topological polar surface area (TPSA) is 118 Å². The SMILES string of the molecule is CNC(=O)Oc1c(-c2ccc(Oc3ccc(F)cc3)cc2)oc2cc(N(CC(C)(C)O)S(C)(=O)=O)c(C3CC3)cc12. The van der Waals surface area contributed by atoms with Gasteiger partial charge in [-0.1, -0.05) is 0 Å². The molecule has 11 heteroatoms. The van der Waals surface area contributed by atoms with E-state index in [1.54, 1.807) is 44.2 Å². The smallest absolute Gasteiger partial charge is 0.412 e. The minimum absolute atomic E-state index is 0.120. The molecule has 0 unspecified atom stereocenters. The highest BCUT2D eigenvalue weighted by Gasteiger charge is 2.34. The first kappa shape index (κ1) is 28.4. The molecule has 1 aliphatic rings. The maximum atomic E-state index is 13.2. The summed E-state index contributed by atoms with van der Waals surface area (Å²) in [6.45, 7) is 2.94. The molecular weight excluding hydrogens is 551 g/mol. The van der Waals surface area contributed by atoms with Gasteiger partial charge in [0.15, 0.2) is 11.5 Å². The molecule has 0 saturated heterocycles. The summed E-state index contributed by atoms with van der Waals surface area (Å²) in [5, 5.41) is 13.5. The Bertz CT molecular complexity index is 1690. The first-order valence-corrected chi connectivity index (χ1v) is 14.9. The van der Waals surface area contributed by atoms with Crippen molar-refractivity contribution in [2.75, 3.05) is 24.2 Å². The average Bonchev–Trinajstić information content (AvgIpc) is 3.70. The summed E-state index contributed by atoms with van der Waals surface area (Å²) in [5.74, 6) is 1.17. The third kappa shape index (κ3) is 6.47. The molecule has 1 aromatic heterocycles. The van der Waals surface area contributed by atoms with Crippen LogP contribution >= 0.6 is 0 Å². The van der Waals surface area contributed by atoms with Crippen molar-refractivity contribution in [2.24, 2.45) is 0 Å². The van der Waals surface area contributed by atoms with Crippen molar-refractivity contribution in [1.82, 2.24) is 5.32 Å². The van der Waals surface area contributed by atoms with E-state index in [4.69, 9.17) is 13.9 Å². The standard InChI is InChI=1S/C30H31FN2O7S/c1-30(2,35)17-33(41(4,36)37)25-16-26-24(15-23(25)18-5-6-18)28(40-29(34)32-3)27(39-26)19-7-11-21(12-8-19)38-22-13-9-20(31)10-14-22/h7-16,18,35H,5-6,17H2,1-4H3,(H,32,34). The van der Waals surface area contributed by atoms with E-state index >= 15 is 0 Å². The molecule has 0 bridgehead atoms. The number of aliphatic hydroxyl groups is 1. The van der Waals surface area contributed by atoms with E-state index in [-0.39, 0.29) is 29.8 Å². The van der Waals surface area contributed by atoms with Gasteiger partial charge in [0.25, 0.3) is 0 Å². The molecule has 0 radical (unpaired) electrons. The number of ether oxygens (including phenoxy) is 2. The highest BCUT2D eigenvalue weighted by Crippen LogP contribution is 2.50. The molecule has 5 rings (SSSR count). The first-order valence-electron chi connectivity index (χ1n) is 13.1. The van der Waals surface area contributed by atoms with E-state index in [1.807, 2.05) is 6.07 Å². The van der Waals surface area contributed by atoms with Crippen LogP contribution in [0.2, 0.25) is 0 Å². The molecule has 1 aliphatic carbocycles. The molecule has 216 valence electrons. The fourth-order valence-corrected chi connectivity index (χ4v) is 5.61. The van der Waals surface area contributed by atoms with Gasteiger partial charge in [0.1, 0.15) is 22.9 Å². The molecule has 4 aromatic rings. The minimum atomic E-state index is -3.76. The van der Waals surface area contributed by atoms with Gasteiger partial charge in [-0.25, -0.2) is 17.6 Å². The van der Waals surface area contributed by atoms with Gasteiger partial charge >= 0.3 is 6.09 Å². The van der Waals surface area contributed by atoms with Crippen LogP contribution in [0.3, 0.4) is 0 Å². The quantitative estimate of drug-likeness (QED) is 0.243. The molecule has 41 heavy (non-hydrogen) atoms. The van der Waals surface area contributed by atoms with E-state index in [1.165, 1.54) is 35.6 Å². The highest BCUT2D eigenvalue weighted by molar-refractivity contribution is 7.92. The van der Waals surface area contributed by atoms with Crippen molar-refractivity contribution in [3.8, 4) is 28.6 Å². The molecule has 0 aliphatic heterocycles. The fourth-order valence-electron chi connectivity index (χ4n) is 4.54. The van der Waals surface area contributed by atoms with Crippen molar-refractivity contribution < 1.29 is 36.6 Å². The Hall–Kier alpha value is -4.09. The Morgan fingerprint density at radius 3 is 2.24 bits per heavy atom. The number of anilines is 1. The Morgan fingerprint density at radius 1 is 1.10 bits per heavy atom. The number of hydrogen-bond donors (Lipinski definition) is 2. The molecule has 1 amide bonds. The Balaban J connectivity index is 1.61. The third-order valence-corrected chi connectivity index (χ3v) is 7.70. The van der Waals surface area contributed by atoms with E-state index in [2.05, 4.69) is 5.32 Å². The van der Waals surface area contributed by atoms with E-state index in [9.17, 15) is 22.7 Å². The summed E-state index contributed by atoms with van der Waals surface area (Å²) in [7, 11) is -2.31. The van der Waals surface area contributed by atoms with Crippen LogP contribution < -0.4 is 19.1 Å². The minimum Gasteiger partial charge on any atom is -0.457 e. The van der Waals surface area contributed by atoms with Gasteiger partial charge in [0, 0.05) is 18.7 Å². The predicted molar refractivity (Wildman–Crippen MR) is 154 cm³/mol. The van der Waals surface area contributed by atoms with Gasteiger partial charge in [-0.2, -0.15) is 0 Å². The highest BCUT2D eigenvalue weighted by atomic mass is 32.2. The lowest BCUT2D eigenvalue weighted by Crippen LogP contribution is -2.42. The number of carbonyl (C=O) groups is 1. The van der Waals surface area contributed by atoms with Crippen molar-refractivity contribution >= 4 is 32.8 Å². The van der Waals surface area contributed by atoms with Gasteiger partial charge in [-0.05, 0) is 92.8 Å². The van der Waals surface area contributed by atoms with E-state index in [0.29, 0.717) is 33.7 Å². The van der Waals surface area contributed by atoms with Gasteiger partial charge in [0.2, 0.25) is 10.0 Å². The number of furan rings is 1. The number of amides is 1. The van der Waals surface area contributed by atoms with Crippen LogP contribution in [0.4, 0.5) is 14.9 Å². The lowest BCUT2D eigenvalue weighted by atomic mass is 10.0. The number of hydrogen-bond acceptors (Lipinski definition) is 7. The van der Waals surface area contributed by atoms with Crippen molar-refractivity contribution in [3.05, 3.63) is 72.0 Å². The summed E-state index contributed by atoms with van der Waals surface area (Å²) in [5.41, 5.74) is 0.786. The van der Waals surface area contributed by atoms with E-state index in [0.717, 1.165) is 24.7 Å². The molecular formula is C30H31FN2O7S. The van der Waals surface area contributed by atoms with Crippen molar-refractivity contribution in [2.45, 2.75) is 38.2 Å². The van der Waals surface area contributed by atoms with Crippen LogP contribution in [-0.4, -0.2) is 45.1 Å². The summed E-state index contributed by atoms with van der Waals surface area (Å²) >= 11 is 0. The first-order chi connectivity index (χ1) is 19.3. The second kappa shape index (κ2) is 10.7. The molecule has 1 heterocycles. The maximum Gasteiger partial charge on any atom is 0.412 e. The largest absolute Gasteiger partial charge is 0.457 e. The lowest BCUT2D eigenvalue weighted by Gasteiger charge is -2.30. The van der Waals surface area contributed by atoms with Crippen molar-refractivity contribution in [3.63, 3.8) is 0 Å². The fraction of sp³-hybridized carbons (Fsp3) is 0.300. The summed E-state index contributed by atoms with van der Waals surface area (Å²) in [4.78, 5) is 12.3. The Labute approximate surface area is 237 Å². The van der Waals surface area contributed by atoms with E-state index < -0.39 is 21.7 Å². The zero-order valence-corrected chi connectivity index (χ0v) is 23.9. The normalized spacial score (nSPS) is 13.7. The number of fused-ring (bicyclic) bond motifs is 1. The average molecular weight is 583 g/mol. The number of halogens is 1. The molecule has 0 atom stereocenters. The van der Waals surface area contributed by atoms with Crippen LogP contribution in [0.1, 0.15) is 38.2 Å². The second-order valence-corrected chi connectivity index (χ2v) is 12.7. The summed E-state index contributed by atoms with van der Waals surface area (Å²) < 4.78 is 57.8. The molecule has 1 saturated carbocycles. The Kier molecular flexibility index (Phi) is 7.43. The van der Waals surface area contributed by atoms with Crippen LogP contribution in [0.15, 0.2) is 65.1 Å². The number of carbonyl (C=O) groups excluding carboxylic acids is 1. The van der Waals surface area contributed by atoms with Gasteiger partial charge in [-0.15, -0.1) is 0 Å². The van der Waals surface area contributed by atoms with Crippen LogP contribution in [0.5, 0.6) is 17.2 Å². The van der Waals surface area contributed by atoms with Crippen molar-refractivity contribution in [1.29, 1.82) is 0 Å². The molecule has 0 spiro atoms. The zero-order valence-electron chi connectivity index (χ0n) is 23.1. The molecule has 9 nitrogen and oxygen atoms in total. The molecule has 1 fully saturated rings. The molecule has 3 aromatic carbocycles. The van der Waals surface area contributed by atoms with Gasteiger partial charge in [-0.3, -0.25) is 4.31 Å². The number of nitrogens with one attached hydrogen (secondary N) is 1. The van der Waals surface area contributed by atoms with Crippen LogP contribution in [-0.2, 0) is 10.0 Å². The van der Waals surface area contributed by atoms with Crippen LogP contribution in [0, 0.1) is 5.82 Å².